The number of halogens is 2. The van der Waals surface area contributed by atoms with Crippen molar-refractivity contribution in [3.8, 4) is 11.5 Å². The van der Waals surface area contributed by atoms with E-state index in [-0.39, 0.29) is 5.78 Å². The fourth-order valence-corrected chi connectivity index (χ4v) is 2.79. The van der Waals surface area contributed by atoms with Crippen molar-refractivity contribution in [2.45, 2.75) is 6.92 Å². The third kappa shape index (κ3) is 3.32. The van der Waals surface area contributed by atoms with Crippen molar-refractivity contribution in [1.29, 1.82) is 0 Å². The van der Waals surface area contributed by atoms with E-state index in [0.717, 1.165) is 9.13 Å². The molecule has 2 aromatic carbocycles. The first kappa shape index (κ1) is 16.1. The van der Waals surface area contributed by atoms with Crippen molar-refractivity contribution in [1.82, 2.24) is 0 Å². The predicted octanol–water partition coefficient (Wildman–Crippen LogP) is 4.50. The lowest BCUT2D eigenvalue weighted by Gasteiger charge is -2.13. The van der Waals surface area contributed by atoms with E-state index in [1.54, 1.807) is 38.5 Å². The van der Waals surface area contributed by atoms with E-state index in [4.69, 9.17) is 21.1 Å². The summed E-state index contributed by atoms with van der Waals surface area (Å²) in [5, 5.41) is 0.539. The second kappa shape index (κ2) is 6.66. The van der Waals surface area contributed by atoms with Crippen molar-refractivity contribution >= 4 is 40.0 Å². The van der Waals surface area contributed by atoms with Crippen molar-refractivity contribution < 1.29 is 14.3 Å². The zero-order valence-corrected chi connectivity index (χ0v) is 14.8. The first-order chi connectivity index (χ1) is 9.97. The van der Waals surface area contributed by atoms with E-state index in [1.165, 1.54) is 0 Å². The summed E-state index contributed by atoms with van der Waals surface area (Å²) in [7, 11) is 3.11. The smallest absolute Gasteiger partial charge is 0.194 e. The van der Waals surface area contributed by atoms with Gasteiger partial charge in [0.2, 0.25) is 0 Å². The van der Waals surface area contributed by atoms with Crippen LogP contribution in [0.15, 0.2) is 30.3 Å². The minimum absolute atomic E-state index is 0.0830. The number of ether oxygens (including phenoxy) is 2. The maximum Gasteiger partial charge on any atom is 0.194 e. The summed E-state index contributed by atoms with van der Waals surface area (Å²) < 4.78 is 11.4. The maximum absolute atomic E-state index is 12.7. The van der Waals surface area contributed by atoms with E-state index < -0.39 is 0 Å². The second-order valence-corrected chi connectivity index (χ2v) is 6.07. The largest absolute Gasteiger partial charge is 0.493 e. The number of hydrogen-bond acceptors (Lipinski definition) is 3. The first-order valence-corrected chi connectivity index (χ1v) is 7.66. The average molecular weight is 417 g/mol. The molecule has 0 N–H and O–H groups in total. The summed E-state index contributed by atoms with van der Waals surface area (Å²) in [4.78, 5) is 12.7. The molecule has 0 aliphatic rings. The van der Waals surface area contributed by atoms with Crippen LogP contribution in [-0.2, 0) is 0 Å². The van der Waals surface area contributed by atoms with Crippen LogP contribution in [0.1, 0.15) is 21.5 Å². The highest BCUT2D eigenvalue weighted by atomic mass is 127. The van der Waals surface area contributed by atoms with Crippen LogP contribution in [0.2, 0.25) is 5.02 Å². The number of methoxy groups -OCH3 is 2. The predicted molar refractivity (Wildman–Crippen MR) is 91.9 cm³/mol. The van der Waals surface area contributed by atoms with Crippen LogP contribution >= 0.6 is 34.2 Å². The summed E-state index contributed by atoms with van der Waals surface area (Å²) in [5.41, 5.74) is 1.99. The van der Waals surface area contributed by atoms with E-state index >= 15 is 0 Å². The van der Waals surface area contributed by atoms with Gasteiger partial charge in [0, 0.05) is 19.7 Å². The van der Waals surface area contributed by atoms with Gasteiger partial charge in [-0.3, -0.25) is 4.79 Å². The molecule has 0 atom stereocenters. The number of hydrogen-bond donors (Lipinski definition) is 0. The lowest BCUT2D eigenvalue weighted by Crippen LogP contribution is -2.07. The SMILES string of the molecule is COc1cc(C)c(C(=O)c2cc(Cl)ccc2I)cc1OC. The Morgan fingerprint density at radius 3 is 2.29 bits per heavy atom. The highest BCUT2D eigenvalue weighted by molar-refractivity contribution is 14.1. The van der Waals surface area contributed by atoms with Gasteiger partial charge in [0.25, 0.3) is 0 Å². The molecular weight excluding hydrogens is 403 g/mol. The zero-order chi connectivity index (χ0) is 15.6. The van der Waals surface area contributed by atoms with Crippen LogP contribution in [0.3, 0.4) is 0 Å². The molecule has 0 aliphatic heterocycles. The van der Waals surface area contributed by atoms with E-state index in [1.807, 2.05) is 13.0 Å². The maximum atomic E-state index is 12.7. The van der Waals surface area contributed by atoms with Crippen LogP contribution in [0, 0.1) is 10.5 Å². The summed E-state index contributed by atoms with van der Waals surface area (Å²) in [6.45, 7) is 1.87. The zero-order valence-electron chi connectivity index (χ0n) is 11.9. The van der Waals surface area contributed by atoms with Crippen LogP contribution in [0.4, 0.5) is 0 Å². The minimum atomic E-state index is -0.0830. The molecule has 3 nitrogen and oxygen atoms in total. The first-order valence-electron chi connectivity index (χ1n) is 6.20. The molecule has 0 amide bonds. The molecule has 2 aromatic rings. The van der Waals surface area contributed by atoms with Crippen LogP contribution in [0.5, 0.6) is 11.5 Å². The molecule has 0 aliphatic carbocycles. The second-order valence-electron chi connectivity index (χ2n) is 4.48. The van der Waals surface area contributed by atoms with Gasteiger partial charge in [0.05, 0.1) is 14.2 Å². The Hall–Kier alpha value is -1.27. The Balaban J connectivity index is 2.55. The van der Waals surface area contributed by atoms with Crippen molar-refractivity contribution in [2.75, 3.05) is 14.2 Å². The van der Waals surface area contributed by atoms with Gasteiger partial charge in [0.1, 0.15) is 0 Å². The topological polar surface area (TPSA) is 35.5 Å². The highest BCUT2D eigenvalue weighted by Gasteiger charge is 2.18. The van der Waals surface area contributed by atoms with Crippen LogP contribution < -0.4 is 9.47 Å². The molecule has 0 saturated carbocycles. The van der Waals surface area contributed by atoms with Gasteiger partial charge in [-0.2, -0.15) is 0 Å². The average Bonchev–Trinajstić information content (AvgIpc) is 2.48. The van der Waals surface area contributed by atoms with Crippen molar-refractivity contribution in [2.24, 2.45) is 0 Å². The van der Waals surface area contributed by atoms with Gasteiger partial charge >= 0.3 is 0 Å². The third-order valence-electron chi connectivity index (χ3n) is 3.15. The Kier molecular flexibility index (Phi) is 5.11. The fourth-order valence-electron chi connectivity index (χ4n) is 2.04. The summed E-state index contributed by atoms with van der Waals surface area (Å²) in [6, 6.07) is 8.77. The molecule has 0 unspecified atom stereocenters. The molecule has 0 fully saturated rings. The third-order valence-corrected chi connectivity index (χ3v) is 4.32. The molecule has 2 rings (SSSR count). The Labute approximate surface area is 142 Å². The van der Waals surface area contributed by atoms with E-state index in [0.29, 0.717) is 27.6 Å². The number of aryl methyl sites for hydroxylation is 1. The normalized spacial score (nSPS) is 10.3. The van der Waals surface area contributed by atoms with Crippen LogP contribution in [-0.4, -0.2) is 20.0 Å². The highest BCUT2D eigenvalue weighted by Crippen LogP contribution is 2.32. The molecule has 0 spiro atoms. The van der Waals surface area contributed by atoms with Gasteiger partial charge in [-0.15, -0.1) is 0 Å². The minimum Gasteiger partial charge on any atom is -0.493 e. The molecule has 0 aromatic heterocycles. The Bertz CT molecular complexity index is 698. The summed E-state index contributed by atoms with van der Waals surface area (Å²) in [5.74, 6) is 1.05. The van der Waals surface area contributed by atoms with Crippen molar-refractivity contribution in [3.63, 3.8) is 0 Å². The molecule has 5 heteroatoms. The Morgan fingerprint density at radius 2 is 1.67 bits per heavy atom. The summed E-state index contributed by atoms with van der Waals surface area (Å²) in [6.07, 6.45) is 0. The van der Waals surface area contributed by atoms with Gasteiger partial charge in [-0.1, -0.05) is 11.6 Å². The molecule has 0 heterocycles. The Morgan fingerprint density at radius 1 is 1.05 bits per heavy atom. The molecule has 0 radical (unpaired) electrons. The lowest BCUT2D eigenvalue weighted by atomic mass is 9.98. The molecule has 0 saturated heterocycles. The fraction of sp³-hybridized carbons (Fsp3) is 0.188. The number of benzene rings is 2. The van der Waals surface area contributed by atoms with Gasteiger partial charge in [-0.25, -0.2) is 0 Å². The van der Waals surface area contributed by atoms with E-state index in [9.17, 15) is 4.79 Å². The van der Waals surface area contributed by atoms with Gasteiger partial charge < -0.3 is 9.47 Å². The standard InChI is InChI=1S/C16H14ClIO3/c1-9-6-14(20-2)15(21-3)8-11(9)16(19)12-7-10(17)4-5-13(12)18/h4-8H,1-3H3. The monoisotopic (exact) mass is 416 g/mol. The number of ketones is 1. The van der Waals surface area contributed by atoms with E-state index in [2.05, 4.69) is 22.6 Å². The summed E-state index contributed by atoms with van der Waals surface area (Å²) >= 11 is 8.12. The van der Waals surface area contributed by atoms with Gasteiger partial charge in [-0.05, 0) is 65.4 Å². The van der Waals surface area contributed by atoms with Crippen molar-refractivity contribution in [3.05, 3.63) is 55.6 Å². The van der Waals surface area contributed by atoms with Crippen LogP contribution in [0.25, 0.3) is 0 Å². The molecule has 0 bridgehead atoms. The molecule has 110 valence electrons. The van der Waals surface area contributed by atoms with Gasteiger partial charge in [0.15, 0.2) is 17.3 Å². The lowest BCUT2D eigenvalue weighted by molar-refractivity contribution is 0.103. The number of rotatable bonds is 4. The molecule has 21 heavy (non-hydrogen) atoms. The number of carbonyl (C=O) groups is 1. The molecular formula is C16H14ClIO3. The number of carbonyl (C=O) groups excluding carboxylic acids is 1. The quantitative estimate of drug-likeness (QED) is 0.544.